The van der Waals surface area contributed by atoms with Gasteiger partial charge >= 0.3 is 0 Å². The van der Waals surface area contributed by atoms with E-state index in [0.29, 0.717) is 5.92 Å². The number of rotatable bonds is 4. The topological polar surface area (TPSA) is 3.24 Å². The Kier molecular flexibility index (Phi) is 4.62. The molecule has 0 fully saturated rings. The van der Waals surface area contributed by atoms with Crippen LogP contribution >= 0.6 is 0 Å². The van der Waals surface area contributed by atoms with Crippen LogP contribution < -0.4 is 4.90 Å². The van der Waals surface area contributed by atoms with E-state index in [1.807, 2.05) is 19.1 Å². The maximum atomic E-state index is 4.12. The van der Waals surface area contributed by atoms with E-state index in [-0.39, 0.29) is 0 Å². The van der Waals surface area contributed by atoms with E-state index in [0.717, 1.165) is 12.1 Å². The van der Waals surface area contributed by atoms with Gasteiger partial charge in [-0.1, -0.05) is 56.0 Å². The SMILES string of the molecule is C=C(/C=C\C)N(C)c1ccccc1C1=CCC(C)C=C1. The number of nitrogens with zero attached hydrogens (tertiary/aromatic N) is 1. The minimum Gasteiger partial charge on any atom is -0.345 e. The van der Waals surface area contributed by atoms with Crippen molar-refractivity contribution in [2.45, 2.75) is 20.3 Å². The minimum absolute atomic E-state index is 0.640. The molecule has 1 nitrogen and oxygen atoms in total. The average Bonchev–Trinajstić information content (AvgIpc) is 2.47. The average molecular weight is 265 g/mol. The number of likely N-dealkylation sites (N-methyl/N-ethyl adjacent to an activating group) is 1. The monoisotopic (exact) mass is 265 g/mol. The summed E-state index contributed by atoms with van der Waals surface area (Å²) in [4.78, 5) is 2.14. The van der Waals surface area contributed by atoms with Crippen molar-refractivity contribution < 1.29 is 0 Å². The zero-order chi connectivity index (χ0) is 14.5. The molecule has 20 heavy (non-hydrogen) atoms. The van der Waals surface area contributed by atoms with Crippen molar-refractivity contribution >= 4 is 11.3 Å². The number of hydrogen-bond donors (Lipinski definition) is 0. The van der Waals surface area contributed by atoms with Crippen LogP contribution in [0.15, 0.2) is 66.9 Å². The first-order valence-electron chi connectivity index (χ1n) is 7.16. The number of benzene rings is 1. The summed E-state index contributed by atoms with van der Waals surface area (Å²) < 4.78 is 0. The van der Waals surface area contributed by atoms with Crippen LogP contribution in [0.1, 0.15) is 25.8 Å². The summed E-state index contributed by atoms with van der Waals surface area (Å²) in [5, 5.41) is 0. The summed E-state index contributed by atoms with van der Waals surface area (Å²) in [6.07, 6.45) is 12.0. The molecule has 0 aromatic heterocycles. The molecule has 0 spiro atoms. The Balaban J connectivity index is 2.36. The van der Waals surface area contributed by atoms with E-state index in [9.17, 15) is 0 Å². The van der Waals surface area contributed by atoms with Crippen molar-refractivity contribution in [1.29, 1.82) is 0 Å². The van der Waals surface area contributed by atoms with Gasteiger partial charge in [0.05, 0.1) is 0 Å². The third-order valence-corrected chi connectivity index (χ3v) is 3.68. The van der Waals surface area contributed by atoms with Crippen LogP contribution in [-0.4, -0.2) is 7.05 Å². The molecule has 0 N–H and O–H groups in total. The number of para-hydroxylation sites is 1. The molecule has 1 aliphatic carbocycles. The van der Waals surface area contributed by atoms with E-state index < -0.39 is 0 Å². The largest absolute Gasteiger partial charge is 0.345 e. The summed E-state index contributed by atoms with van der Waals surface area (Å²) in [5.74, 6) is 0.640. The highest BCUT2D eigenvalue weighted by atomic mass is 15.1. The quantitative estimate of drug-likeness (QED) is 0.677. The molecule has 0 amide bonds. The van der Waals surface area contributed by atoms with Crippen LogP contribution in [0.25, 0.3) is 5.57 Å². The first-order chi connectivity index (χ1) is 9.63. The summed E-state index contributed by atoms with van der Waals surface area (Å²) >= 11 is 0. The molecular formula is C19H23N. The standard InChI is InChI=1S/C19H23N/c1-5-8-16(3)20(4)19-10-7-6-9-18(19)17-13-11-15(2)12-14-17/h5-11,13-15H,3,12H2,1-2,4H3/b8-5-. The second-order valence-electron chi connectivity index (χ2n) is 5.30. The lowest BCUT2D eigenvalue weighted by Crippen LogP contribution is -2.15. The number of hydrogen-bond acceptors (Lipinski definition) is 1. The highest BCUT2D eigenvalue weighted by molar-refractivity contribution is 5.83. The molecule has 1 aliphatic rings. The molecule has 104 valence electrons. The molecule has 0 saturated heterocycles. The van der Waals surface area contributed by atoms with Crippen molar-refractivity contribution in [3.63, 3.8) is 0 Å². The van der Waals surface area contributed by atoms with Gasteiger partial charge in [-0.2, -0.15) is 0 Å². The summed E-state index contributed by atoms with van der Waals surface area (Å²) in [5.41, 5.74) is 4.76. The van der Waals surface area contributed by atoms with Crippen LogP contribution in [-0.2, 0) is 0 Å². The second kappa shape index (κ2) is 6.42. The van der Waals surface area contributed by atoms with E-state index in [2.05, 4.69) is 67.9 Å². The van der Waals surface area contributed by atoms with Crippen LogP contribution in [0.4, 0.5) is 5.69 Å². The van der Waals surface area contributed by atoms with E-state index >= 15 is 0 Å². The molecule has 1 aromatic rings. The van der Waals surface area contributed by atoms with Crippen LogP contribution in [0, 0.1) is 5.92 Å². The first-order valence-corrected chi connectivity index (χ1v) is 7.16. The van der Waals surface area contributed by atoms with Crippen LogP contribution in [0.3, 0.4) is 0 Å². The van der Waals surface area contributed by atoms with E-state index in [4.69, 9.17) is 0 Å². The van der Waals surface area contributed by atoms with Gasteiger partial charge in [-0.3, -0.25) is 0 Å². The molecule has 0 radical (unpaired) electrons. The van der Waals surface area contributed by atoms with Gasteiger partial charge in [-0.25, -0.2) is 0 Å². The van der Waals surface area contributed by atoms with Gasteiger partial charge in [0.1, 0.15) is 0 Å². The molecule has 1 aromatic carbocycles. The lowest BCUT2D eigenvalue weighted by molar-refractivity contribution is 0.739. The Morgan fingerprint density at radius 3 is 2.75 bits per heavy atom. The van der Waals surface area contributed by atoms with Gasteiger partial charge in [0.15, 0.2) is 0 Å². The lowest BCUT2D eigenvalue weighted by Gasteiger charge is -2.24. The fraction of sp³-hybridized carbons (Fsp3) is 0.263. The normalized spacial score (nSPS) is 18.1. The second-order valence-corrected chi connectivity index (χ2v) is 5.30. The van der Waals surface area contributed by atoms with Crippen LogP contribution in [0.2, 0.25) is 0 Å². The zero-order valence-electron chi connectivity index (χ0n) is 12.6. The minimum atomic E-state index is 0.640. The number of anilines is 1. The number of allylic oxidation sites excluding steroid dienone is 6. The third kappa shape index (κ3) is 3.11. The van der Waals surface area contributed by atoms with Crippen molar-refractivity contribution in [1.82, 2.24) is 0 Å². The molecule has 0 heterocycles. The summed E-state index contributed by atoms with van der Waals surface area (Å²) in [6.45, 7) is 8.38. The maximum absolute atomic E-state index is 4.12. The van der Waals surface area contributed by atoms with Gasteiger partial charge in [-0.15, -0.1) is 0 Å². The molecule has 0 aliphatic heterocycles. The highest BCUT2D eigenvalue weighted by Gasteiger charge is 2.12. The van der Waals surface area contributed by atoms with Gasteiger partial charge in [0.2, 0.25) is 0 Å². The Morgan fingerprint density at radius 2 is 2.10 bits per heavy atom. The van der Waals surface area contributed by atoms with Gasteiger partial charge < -0.3 is 4.90 Å². The Labute approximate surface area is 122 Å². The van der Waals surface area contributed by atoms with Crippen molar-refractivity contribution in [3.8, 4) is 0 Å². The molecule has 0 bridgehead atoms. The molecule has 1 atom stereocenters. The Bertz CT molecular complexity index is 575. The summed E-state index contributed by atoms with van der Waals surface area (Å²) in [7, 11) is 2.07. The van der Waals surface area contributed by atoms with Gasteiger partial charge in [0, 0.05) is 24.0 Å². The Morgan fingerprint density at radius 1 is 1.35 bits per heavy atom. The Hall–Kier alpha value is -2.02. The molecular weight excluding hydrogens is 242 g/mol. The smallest absolute Gasteiger partial charge is 0.0487 e. The fourth-order valence-corrected chi connectivity index (χ4v) is 2.40. The third-order valence-electron chi connectivity index (χ3n) is 3.68. The molecule has 2 rings (SSSR count). The van der Waals surface area contributed by atoms with Crippen LogP contribution in [0.5, 0.6) is 0 Å². The van der Waals surface area contributed by atoms with E-state index in [1.54, 1.807) is 0 Å². The fourth-order valence-electron chi connectivity index (χ4n) is 2.40. The molecule has 1 heteroatoms. The van der Waals surface area contributed by atoms with E-state index in [1.165, 1.54) is 16.8 Å². The molecule has 0 saturated carbocycles. The summed E-state index contributed by atoms with van der Waals surface area (Å²) in [6, 6.07) is 8.50. The lowest BCUT2D eigenvalue weighted by atomic mass is 9.93. The van der Waals surface area contributed by atoms with Crippen molar-refractivity contribution in [2.75, 3.05) is 11.9 Å². The predicted octanol–water partition coefficient (Wildman–Crippen LogP) is 5.19. The first kappa shape index (κ1) is 14.4. The highest BCUT2D eigenvalue weighted by Crippen LogP contribution is 2.32. The van der Waals surface area contributed by atoms with Gasteiger partial charge in [-0.05, 0) is 37.0 Å². The van der Waals surface area contributed by atoms with Crippen molar-refractivity contribution in [3.05, 3.63) is 72.5 Å². The van der Waals surface area contributed by atoms with Crippen molar-refractivity contribution in [2.24, 2.45) is 5.92 Å². The predicted molar refractivity (Wildman–Crippen MR) is 89.7 cm³/mol. The zero-order valence-corrected chi connectivity index (χ0v) is 12.6. The maximum Gasteiger partial charge on any atom is 0.0487 e. The molecule has 1 unspecified atom stereocenters. The van der Waals surface area contributed by atoms with Gasteiger partial charge in [0.25, 0.3) is 0 Å².